The van der Waals surface area contributed by atoms with Gasteiger partial charge in [0.05, 0.1) is 0 Å². The fraction of sp³-hybridized carbons (Fsp3) is 0.917. The molecule has 0 aromatic carbocycles. The van der Waals surface area contributed by atoms with Crippen molar-refractivity contribution in [2.75, 3.05) is 13.1 Å². The second-order valence-corrected chi connectivity index (χ2v) is 5.85. The number of likely N-dealkylation sites (tertiary alicyclic amines) is 1. The number of ether oxygens (including phenoxy) is 1. The lowest BCUT2D eigenvalue weighted by Gasteiger charge is -2.29. The molecular formula is C12H20F3NO3. The first-order valence-corrected chi connectivity index (χ1v) is 6.22. The van der Waals surface area contributed by atoms with Gasteiger partial charge >= 0.3 is 12.3 Å². The SMILES string of the molecule is CC(C)(C)OC(=O)N1CCC[C@](O)(C(F)(F)F)CC1. The molecule has 1 N–H and O–H groups in total. The van der Waals surface area contributed by atoms with Gasteiger partial charge in [-0.25, -0.2) is 4.79 Å². The smallest absolute Gasteiger partial charge is 0.417 e. The summed E-state index contributed by atoms with van der Waals surface area (Å²) < 4.78 is 43.3. The van der Waals surface area contributed by atoms with Gasteiger partial charge in [0.1, 0.15) is 5.60 Å². The minimum Gasteiger partial charge on any atom is -0.444 e. The number of amides is 1. The van der Waals surface area contributed by atoms with Crippen molar-refractivity contribution in [1.29, 1.82) is 0 Å². The molecule has 0 aromatic rings. The van der Waals surface area contributed by atoms with Crippen LogP contribution in [0.15, 0.2) is 0 Å². The Morgan fingerprint density at radius 3 is 2.26 bits per heavy atom. The van der Waals surface area contributed by atoms with Gasteiger partial charge in [0.2, 0.25) is 0 Å². The maximum atomic E-state index is 12.7. The molecule has 1 heterocycles. The van der Waals surface area contributed by atoms with Gasteiger partial charge < -0.3 is 14.7 Å². The van der Waals surface area contributed by atoms with Crippen LogP contribution in [-0.2, 0) is 4.74 Å². The minimum absolute atomic E-state index is 0.0925. The van der Waals surface area contributed by atoms with E-state index < -0.39 is 36.3 Å². The number of hydrogen-bond acceptors (Lipinski definition) is 3. The lowest BCUT2D eigenvalue weighted by molar-refractivity contribution is -0.263. The topological polar surface area (TPSA) is 49.8 Å². The average Bonchev–Trinajstić information content (AvgIpc) is 2.37. The Balaban J connectivity index is 2.67. The van der Waals surface area contributed by atoms with Crippen LogP contribution < -0.4 is 0 Å². The lowest BCUT2D eigenvalue weighted by atomic mass is 9.94. The molecule has 0 spiro atoms. The summed E-state index contributed by atoms with van der Waals surface area (Å²) in [6.45, 7) is 5.07. The van der Waals surface area contributed by atoms with Crippen LogP contribution in [0.3, 0.4) is 0 Å². The molecule has 0 bridgehead atoms. The van der Waals surface area contributed by atoms with Crippen LogP contribution in [0.5, 0.6) is 0 Å². The van der Waals surface area contributed by atoms with Gasteiger partial charge in [-0.2, -0.15) is 13.2 Å². The molecule has 7 heteroatoms. The van der Waals surface area contributed by atoms with E-state index in [1.54, 1.807) is 20.8 Å². The Labute approximate surface area is 110 Å². The first-order chi connectivity index (χ1) is 8.45. The standard InChI is InChI=1S/C12H20F3NO3/c1-10(2,3)19-9(17)16-7-4-5-11(18,6-8-16)12(13,14)15/h18H,4-8H2,1-3H3/t11-/m1/s1. The zero-order valence-electron chi connectivity index (χ0n) is 11.4. The van der Waals surface area contributed by atoms with Crippen LogP contribution in [0.2, 0.25) is 0 Å². The quantitative estimate of drug-likeness (QED) is 0.743. The van der Waals surface area contributed by atoms with Gasteiger partial charge in [0.15, 0.2) is 5.60 Å². The van der Waals surface area contributed by atoms with Crippen molar-refractivity contribution >= 4 is 6.09 Å². The summed E-state index contributed by atoms with van der Waals surface area (Å²) in [6.07, 6.45) is -6.13. The summed E-state index contributed by atoms with van der Waals surface area (Å²) in [5.41, 5.74) is -3.40. The summed E-state index contributed by atoms with van der Waals surface area (Å²) >= 11 is 0. The van der Waals surface area contributed by atoms with E-state index in [1.165, 1.54) is 4.90 Å². The Bertz CT molecular complexity index is 338. The second kappa shape index (κ2) is 5.19. The van der Waals surface area contributed by atoms with Crippen LogP contribution in [0.4, 0.5) is 18.0 Å². The highest BCUT2D eigenvalue weighted by Gasteiger charge is 2.53. The van der Waals surface area contributed by atoms with Crippen LogP contribution in [0.1, 0.15) is 40.0 Å². The fourth-order valence-electron chi connectivity index (χ4n) is 1.91. The van der Waals surface area contributed by atoms with E-state index in [1.807, 2.05) is 0 Å². The minimum atomic E-state index is -4.67. The maximum Gasteiger partial charge on any atom is 0.417 e. The van der Waals surface area contributed by atoms with Crippen molar-refractivity contribution in [2.24, 2.45) is 0 Å². The predicted octanol–water partition coefficient (Wildman–Crippen LogP) is 2.70. The Kier molecular flexibility index (Phi) is 4.39. The molecule has 1 saturated heterocycles. The van der Waals surface area contributed by atoms with Crippen LogP contribution in [0, 0.1) is 0 Å². The van der Waals surface area contributed by atoms with Gasteiger partial charge in [-0.1, -0.05) is 0 Å². The molecule has 1 rings (SSSR count). The van der Waals surface area contributed by atoms with Crippen molar-refractivity contribution in [3.05, 3.63) is 0 Å². The maximum absolute atomic E-state index is 12.7. The van der Waals surface area contributed by atoms with Crippen molar-refractivity contribution in [2.45, 2.75) is 57.4 Å². The molecule has 1 atom stereocenters. The van der Waals surface area contributed by atoms with E-state index >= 15 is 0 Å². The molecule has 1 fully saturated rings. The van der Waals surface area contributed by atoms with E-state index in [-0.39, 0.29) is 19.5 Å². The molecule has 0 aliphatic carbocycles. The summed E-state index contributed by atoms with van der Waals surface area (Å²) in [4.78, 5) is 13.0. The van der Waals surface area contributed by atoms with E-state index in [9.17, 15) is 23.1 Å². The number of aliphatic hydroxyl groups is 1. The zero-order valence-corrected chi connectivity index (χ0v) is 11.4. The molecule has 4 nitrogen and oxygen atoms in total. The Hall–Kier alpha value is -0.980. The summed E-state index contributed by atoms with van der Waals surface area (Å²) in [6, 6.07) is 0. The molecular weight excluding hydrogens is 263 g/mol. The number of hydrogen-bond donors (Lipinski definition) is 1. The van der Waals surface area contributed by atoms with Crippen LogP contribution in [-0.4, -0.2) is 46.6 Å². The third-order valence-electron chi connectivity index (χ3n) is 2.99. The molecule has 1 amide bonds. The Morgan fingerprint density at radius 1 is 1.21 bits per heavy atom. The summed E-state index contributed by atoms with van der Waals surface area (Å²) in [5.74, 6) is 0. The normalized spacial score (nSPS) is 25.9. The number of rotatable bonds is 0. The highest BCUT2D eigenvalue weighted by Crippen LogP contribution is 2.38. The second-order valence-electron chi connectivity index (χ2n) is 5.85. The number of nitrogens with zero attached hydrogens (tertiary/aromatic N) is 1. The monoisotopic (exact) mass is 283 g/mol. The van der Waals surface area contributed by atoms with Gasteiger partial charge in [-0.15, -0.1) is 0 Å². The molecule has 0 aromatic heterocycles. The van der Waals surface area contributed by atoms with E-state index in [4.69, 9.17) is 4.74 Å². The molecule has 19 heavy (non-hydrogen) atoms. The highest BCUT2D eigenvalue weighted by molar-refractivity contribution is 5.68. The van der Waals surface area contributed by atoms with Crippen molar-refractivity contribution < 1.29 is 27.8 Å². The van der Waals surface area contributed by atoms with E-state index in [0.29, 0.717) is 0 Å². The molecule has 1 aliphatic heterocycles. The van der Waals surface area contributed by atoms with Gasteiger partial charge in [0, 0.05) is 19.5 Å². The number of alkyl halides is 3. The first kappa shape index (κ1) is 16.1. The molecule has 0 radical (unpaired) electrons. The predicted molar refractivity (Wildman–Crippen MR) is 62.7 cm³/mol. The molecule has 0 saturated carbocycles. The van der Waals surface area contributed by atoms with Crippen LogP contribution in [0.25, 0.3) is 0 Å². The summed E-state index contributed by atoms with van der Waals surface area (Å²) in [7, 11) is 0. The zero-order chi connectivity index (χ0) is 14.9. The van der Waals surface area contributed by atoms with Gasteiger partial charge in [0.25, 0.3) is 0 Å². The summed E-state index contributed by atoms with van der Waals surface area (Å²) in [5, 5.41) is 9.62. The fourth-order valence-corrected chi connectivity index (χ4v) is 1.91. The van der Waals surface area contributed by atoms with Gasteiger partial charge in [-0.05, 0) is 33.6 Å². The first-order valence-electron chi connectivity index (χ1n) is 6.22. The number of carbonyl (C=O) groups is 1. The third kappa shape index (κ3) is 4.26. The van der Waals surface area contributed by atoms with Crippen molar-refractivity contribution in [3.63, 3.8) is 0 Å². The lowest BCUT2D eigenvalue weighted by Crippen LogP contribution is -2.46. The molecule has 112 valence electrons. The van der Waals surface area contributed by atoms with Crippen LogP contribution >= 0.6 is 0 Å². The Morgan fingerprint density at radius 2 is 1.79 bits per heavy atom. The largest absolute Gasteiger partial charge is 0.444 e. The number of halogens is 3. The molecule has 0 unspecified atom stereocenters. The number of carbonyl (C=O) groups excluding carboxylic acids is 1. The highest BCUT2D eigenvalue weighted by atomic mass is 19.4. The third-order valence-corrected chi connectivity index (χ3v) is 2.99. The van der Waals surface area contributed by atoms with Gasteiger partial charge in [-0.3, -0.25) is 0 Å². The molecule has 1 aliphatic rings. The van der Waals surface area contributed by atoms with E-state index in [0.717, 1.165) is 0 Å². The van der Waals surface area contributed by atoms with E-state index in [2.05, 4.69) is 0 Å². The van der Waals surface area contributed by atoms with Crippen molar-refractivity contribution in [3.8, 4) is 0 Å². The average molecular weight is 283 g/mol. The van der Waals surface area contributed by atoms with Crippen molar-refractivity contribution in [1.82, 2.24) is 4.90 Å².